The molecule has 14 heavy (non-hydrogen) atoms. The molecule has 3 nitrogen and oxygen atoms in total. The molecule has 0 radical (unpaired) electrons. The first kappa shape index (κ1) is 14.3. The van der Waals surface area contributed by atoms with Crippen LogP contribution in [-0.2, 0) is 9.84 Å². The van der Waals surface area contributed by atoms with E-state index < -0.39 is 15.4 Å². The third-order valence-corrected chi connectivity index (χ3v) is 4.72. The zero-order chi connectivity index (χ0) is 11.4. The van der Waals surface area contributed by atoms with E-state index in [1.54, 1.807) is 6.92 Å². The number of hydrogen-bond donors (Lipinski definition) is 1. The van der Waals surface area contributed by atoms with Gasteiger partial charge in [-0.3, -0.25) is 0 Å². The summed E-state index contributed by atoms with van der Waals surface area (Å²) in [7, 11) is -2.86. The van der Waals surface area contributed by atoms with Crippen molar-refractivity contribution in [3.63, 3.8) is 0 Å². The Morgan fingerprint density at radius 3 is 2.29 bits per heavy atom. The molecule has 0 aliphatic rings. The van der Waals surface area contributed by atoms with Crippen LogP contribution in [0.4, 0.5) is 0 Å². The second-order valence-corrected chi connectivity index (χ2v) is 7.56. The number of aliphatic hydroxyl groups is 1. The highest BCUT2D eigenvalue weighted by Gasteiger charge is 2.24. The van der Waals surface area contributed by atoms with Crippen LogP contribution in [0.5, 0.6) is 0 Å². The summed E-state index contributed by atoms with van der Waals surface area (Å²) in [6.07, 6.45) is 1.23. The lowest BCUT2D eigenvalue weighted by Crippen LogP contribution is -2.34. The minimum absolute atomic E-state index is 0.186. The van der Waals surface area contributed by atoms with Crippen molar-refractivity contribution in [1.82, 2.24) is 0 Å². The number of thioether (sulfide) groups is 1. The average molecular weight is 240 g/mol. The number of sulfone groups is 1. The lowest BCUT2D eigenvalue weighted by atomic mass is 9.95. The van der Waals surface area contributed by atoms with Crippen LogP contribution in [0, 0.1) is 5.92 Å². The maximum atomic E-state index is 10.8. The molecule has 1 unspecified atom stereocenters. The second kappa shape index (κ2) is 5.37. The summed E-state index contributed by atoms with van der Waals surface area (Å²) >= 11 is 1.49. The first-order valence-electron chi connectivity index (χ1n) is 4.63. The lowest BCUT2D eigenvalue weighted by molar-refractivity contribution is 0.0376. The standard InChI is InChI=1S/C9H20O3S2/c1-8(2)9(3,10)7-13-5-6-14(4,11)12/h8,10H,5-7H2,1-4H3. The van der Waals surface area contributed by atoms with Crippen molar-refractivity contribution < 1.29 is 13.5 Å². The van der Waals surface area contributed by atoms with Gasteiger partial charge in [-0.15, -0.1) is 0 Å². The molecule has 0 aromatic heterocycles. The molecule has 0 aromatic rings. The van der Waals surface area contributed by atoms with Gasteiger partial charge in [0.25, 0.3) is 0 Å². The highest BCUT2D eigenvalue weighted by atomic mass is 32.2. The van der Waals surface area contributed by atoms with Gasteiger partial charge in [0.05, 0.1) is 11.4 Å². The Labute approximate surface area is 91.2 Å². The summed E-state index contributed by atoms with van der Waals surface area (Å²) in [6.45, 7) is 5.69. The van der Waals surface area contributed by atoms with Gasteiger partial charge in [0, 0.05) is 17.8 Å². The molecule has 5 heteroatoms. The topological polar surface area (TPSA) is 54.4 Å². The fraction of sp³-hybridized carbons (Fsp3) is 1.00. The normalized spacial score (nSPS) is 17.0. The molecule has 0 spiro atoms. The predicted octanol–water partition coefficient (Wildman–Crippen LogP) is 1.17. The lowest BCUT2D eigenvalue weighted by Gasteiger charge is -2.27. The molecular formula is C9H20O3S2. The quantitative estimate of drug-likeness (QED) is 0.708. The Balaban J connectivity index is 3.76. The minimum Gasteiger partial charge on any atom is -0.389 e. The van der Waals surface area contributed by atoms with E-state index >= 15 is 0 Å². The van der Waals surface area contributed by atoms with Crippen LogP contribution in [0.3, 0.4) is 0 Å². The van der Waals surface area contributed by atoms with E-state index in [2.05, 4.69) is 0 Å². The van der Waals surface area contributed by atoms with E-state index in [0.29, 0.717) is 11.5 Å². The summed E-state index contributed by atoms with van der Waals surface area (Å²) < 4.78 is 21.6. The van der Waals surface area contributed by atoms with Crippen molar-refractivity contribution in [2.45, 2.75) is 26.4 Å². The SMILES string of the molecule is CC(C)C(C)(O)CSCCS(C)(=O)=O. The first-order chi connectivity index (χ1) is 6.15. The highest BCUT2D eigenvalue weighted by molar-refractivity contribution is 8.00. The van der Waals surface area contributed by atoms with Gasteiger partial charge in [-0.05, 0) is 12.8 Å². The van der Waals surface area contributed by atoms with Crippen molar-refractivity contribution in [3.8, 4) is 0 Å². The molecule has 0 rings (SSSR count). The van der Waals surface area contributed by atoms with Crippen molar-refractivity contribution in [3.05, 3.63) is 0 Å². The molecule has 0 fully saturated rings. The molecule has 0 saturated heterocycles. The number of rotatable bonds is 6. The summed E-state index contributed by atoms with van der Waals surface area (Å²) in [5.41, 5.74) is -0.706. The van der Waals surface area contributed by atoms with E-state index in [0.717, 1.165) is 0 Å². The molecular weight excluding hydrogens is 220 g/mol. The molecule has 0 aliphatic carbocycles. The van der Waals surface area contributed by atoms with Crippen molar-refractivity contribution in [1.29, 1.82) is 0 Å². The largest absolute Gasteiger partial charge is 0.389 e. The van der Waals surface area contributed by atoms with Gasteiger partial charge in [0.2, 0.25) is 0 Å². The van der Waals surface area contributed by atoms with Gasteiger partial charge in [-0.1, -0.05) is 13.8 Å². The Bertz CT molecular complexity index is 255. The van der Waals surface area contributed by atoms with E-state index in [4.69, 9.17) is 0 Å². The zero-order valence-corrected chi connectivity index (χ0v) is 10.9. The summed E-state index contributed by atoms with van der Waals surface area (Å²) in [4.78, 5) is 0. The van der Waals surface area contributed by atoms with Gasteiger partial charge in [-0.25, -0.2) is 8.42 Å². The molecule has 0 heterocycles. The van der Waals surface area contributed by atoms with Crippen LogP contribution in [0.1, 0.15) is 20.8 Å². The fourth-order valence-corrected chi connectivity index (χ4v) is 3.23. The number of hydrogen-bond acceptors (Lipinski definition) is 4. The maximum absolute atomic E-state index is 10.8. The molecule has 1 atom stereocenters. The Morgan fingerprint density at radius 2 is 1.93 bits per heavy atom. The van der Waals surface area contributed by atoms with Crippen LogP contribution in [0.25, 0.3) is 0 Å². The van der Waals surface area contributed by atoms with Gasteiger partial charge in [-0.2, -0.15) is 11.8 Å². The van der Waals surface area contributed by atoms with Gasteiger partial charge in [0.15, 0.2) is 0 Å². The van der Waals surface area contributed by atoms with Crippen LogP contribution in [0.15, 0.2) is 0 Å². The molecule has 0 saturated carbocycles. The van der Waals surface area contributed by atoms with Crippen LogP contribution < -0.4 is 0 Å². The third kappa shape index (κ3) is 6.68. The summed E-state index contributed by atoms with van der Waals surface area (Å²) in [5, 5.41) is 9.85. The highest BCUT2D eigenvalue weighted by Crippen LogP contribution is 2.21. The van der Waals surface area contributed by atoms with Crippen LogP contribution in [-0.4, -0.2) is 42.6 Å². The van der Waals surface area contributed by atoms with E-state index in [1.165, 1.54) is 18.0 Å². The van der Waals surface area contributed by atoms with Crippen molar-refractivity contribution in [2.75, 3.05) is 23.5 Å². The van der Waals surface area contributed by atoms with Gasteiger partial charge >= 0.3 is 0 Å². The predicted molar refractivity (Wildman–Crippen MR) is 62.5 cm³/mol. The average Bonchev–Trinajstić information content (AvgIpc) is 1.96. The Morgan fingerprint density at radius 1 is 1.43 bits per heavy atom. The van der Waals surface area contributed by atoms with Crippen molar-refractivity contribution in [2.24, 2.45) is 5.92 Å². The summed E-state index contributed by atoms with van der Waals surface area (Å²) in [6, 6.07) is 0. The third-order valence-electron chi connectivity index (χ3n) is 2.24. The van der Waals surface area contributed by atoms with Crippen LogP contribution >= 0.6 is 11.8 Å². The molecule has 86 valence electrons. The van der Waals surface area contributed by atoms with Crippen LogP contribution in [0.2, 0.25) is 0 Å². The van der Waals surface area contributed by atoms with Gasteiger partial charge < -0.3 is 5.11 Å². The summed E-state index contributed by atoms with van der Waals surface area (Å²) in [5.74, 6) is 1.52. The Hall–Kier alpha value is 0.260. The fourth-order valence-electron chi connectivity index (χ4n) is 0.656. The molecule has 0 aromatic carbocycles. The first-order valence-corrected chi connectivity index (χ1v) is 7.84. The van der Waals surface area contributed by atoms with Crippen molar-refractivity contribution >= 4 is 21.6 Å². The minimum atomic E-state index is -2.86. The van der Waals surface area contributed by atoms with E-state index in [1.807, 2.05) is 13.8 Å². The zero-order valence-electron chi connectivity index (χ0n) is 9.28. The van der Waals surface area contributed by atoms with Gasteiger partial charge in [0.1, 0.15) is 9.84 Å². The second-order valence-electron chi connectivity index (χ2n) is 4.19. The maximum Gasteiger partial charge on any atom is 0.148 e. The van der Waals surface area contributed by atoms with E-state index in [-0.39, 0.29) is 11.7 Å². The van der Waals surface area contributed by atoms with E-state index in [9.17, 15) is 13.5 Å². The monoisotopic (exact) mass is 240 g/mol. The molecule has 0 amide bonds. The smallest absolute Gasteiger partial charge is 0.148 e. The molecule has 0 bridgehead atoms. The Kier molecular flexibility index (Phi) is 5.47. The molecule has 1 N–H and O–H groups in total. The molecule has 0 aliphatic heterocycles.